The van der Waals surface area contributed by atoms with Gasteiger partial charge in [-0.2, -0.15) is 4.98 Å². The van der Waals surface area contributed by atoms with Gasteiger partial charge in [0.1, 0.15) is 0 Å². The Bertz CT molecular complexity index is 919. The molecule has 0 aromatic carbocycles. The standard InChI is InChI=1S/C19H23N3O8/c1-6-8-27-19(26)21-16-13(7-2)9-22(18(25)20-16)17-15(30-12(5)24)14(10(3)28-17)29-11(4)23/h2,9-10,14-15,17H,6,8H2,1,3-5H3,(H,20,21,25,26)/t10-,14-,15-,17-/m1/s1. The lowest BCUT2D eigenvalue weighted by Gasteiger charge is -2.23. The van der Waals surface area contributed by atoms with Gasteiger partial charge in [0, 0.05) is 20.0 Å². The molecular formula is C19H23N3O8. The maximum absolute atomic E-state index is 12.6. The molecule has 0 spiro atoms. The van der Waals surface area contributed by atoms with Crippen molar-refractivity contribution in [1.29, 1.82) is 0 Å². The van der Waals surface area contributed by atoms with E-state index in [1.54, 1.807) is 6.92 Å². The molecule has 0 unspecified atom stereocenters. The van der Waals surface area contributed by atoms with Gasteiger partial charge < -0.3 is 18.9 Å². The number of esters is 2. The van der Waals surface area contributed by atoms with Crippen LogP contribution in [0, 0.1) is 12.3 Å². The van der Waals surface area contributed by atoms with Gasteiger partial charge in [0.2, 0.25) is 0 Å². The SMILES string of the molecule is C#Cc1cn([C@@H]2O[C@H](C)[C@@H](OC(C)=O)[C@H]2OC(C)=O)c(=O)nc1NC(=O)OCCC. The summed E-state index contributed by atoms with van der Waals surface area (Å²) in [7, 11) is 0. The minimum Gasteiger partial charge on any atom is -0.456 e. The van der Waals surface area contributed by atoms with E-state index in [9.17, 15) is 19.2 Å². The summed E-state index contributed by atoms with van der Waals surface area (Å²) in [5.41, 5.74) is -0.769. The smallest absolute Gasteiger partial charge is 0.412 e. The van der Waals surface area contributed by atoms with Crippen LogP contribution in [0.2, 0.25) is 0 Å². The molecule has 0 bridgehead atoms. The summed E-state index contributed by atoms with van der Waals surface area (Å²) >= 11 is 0. The Morgan fingerprint density at radius 1 is 1.27 bits per heavy atom. The highest BCUT2D eigenvalue weighted by Gasteiger charge is 2.48. The van der Waals surface area contributed by atoms with Crippen LogP contribution in [0.5, 0.6) is 0 Å². The third-order valence-corrected chi connectivity index (χ3v) is 4.06. The van der Waals surface area contributed by atoms with Crippen molar-refractivity contribution in [3.63, 3.8) is 0 Å². The maximum Gasteiger partial charge on any atom is 0.412 e. The van der Waals surface area contributed by atoms with Crippen molar-refractivity contribution in [2.24, 2.45) is 0 Å². The van der Waals surface area contributed by atoms with E-state index < -0.39 is 48.3 Å². The van der Waals surface area contributed by atoms with Gasteiger partial charge in [0.05, 0.1) is 18.3 Å². The Morgan fingerprint density at radius 2 is 1.90 bits per heavy atom. The second-order valence-electron chi connectivity index (χ2n) is 6.48. The minimum atomic E-state index is -1.15. The number of hydrogen-bond acceptors (Lipinski definition) is 9. The Morgan fingerprint density at radius 3 is 2.47 bits per heavy atom. The molecule has 2 rings (SSSR count). The quantitative estimate of drug-likeness (QED) is 0.405. The van der Waals surface area contributed by atoms with E-state index in [4.69, 9.17) is 25.4 Å². The zero-order valence-electron chi connectivity index (χ0n) is 17.0. The summed E-state index contributed by atoms with van der Waals surface area (Å²) in [6, 6.07) is 0. The number of hydrogen-bond donors (Lipinski definition) is 1. The lowest BCUT2D eigenvalue weighted by molar-refractivity contribution is -0.165. The van der Waals surface area contributed by atoms with Crippen molar-refractivity contribution in [3.8, 4) is 12.3 Å². The Balaban J connectivity index is 2.40. The molecule has 1 aliphatic rings. The molecule has 162 valence electrons. The third-order valence-electron chi connectivity index (χ3n) is 4.06. The average Bonchev–Trinajstić information content (AvgIpc) is 2.95. The van der Waals surface area contributed by atoms with Crippen LogP contribution in [0.15, 0.2) is 11.0 Å². The number of amides is 1. The zero-order valence-corrected chi connectivity index (χ0v) is 17.0. The topological polar surface area (TPSA) is 135 Å². The van der Waals surface area contributed by atoms with E-state index in [0.29, 0.717) is 6.42 Å². The second kappa shape index (κ2) is 9.89. The lowest BCUT2D eigenvalue weighted by atomic mass is 10.1. The summed E-state index contributed by atoms with van der Waals surface area (Å²) in [5, 5.41) is 2.32. The number of terminal acetylenes is 1. The molecule has 11 heteroatoms. The van der Waals surface area contributed by atoms with Crippen LogP contribution >= 0.6 is 0 Å². The molecule has 1 fully saturated rings. The van der Waals surface area contributed by atoms with E-state index in [0.717, 1.165) is 4.57 Å². The van der Waals surface area contributed by atoms with Crippen LogP contribution in [0.25, 0.3) is 0 Å². The molecule has 0 saturated carbocycles. The molecule has 2 heterocycles. The molecule has 1 saturated heterocycles. The van der Waals surface area contributed by atoms with Gasteiger partial charge in [0.25, 0.3) is 0 Å². The van der Waals surface area contributed by atoms with Crippen molar-refractivity contribution in [3.05, 3.63) is 22.2 Å². The van der Waals surface area contributed by atoms with Crippen LogP contribution in [-0.2, 0) is 28.5 Å². The number of aromatic nitrogens is 2. The van der Waals surface area contributed by atoms with Gasteiger partial charge in [-0.3, -0.25) is 19.5 Å². The number of carbonyl (C=O) groups excluding carboxylic acids is 3. The number of anilines is 1. The maximum atomic E-state index is 12.6. The van der Waals surface area contributed by atoms with Crippen LogP contribution in [0.4, 0.5) is 10.6 Å². The number of nitrogens with zero attached hydrogens (tertiary/aromatic N) is 2. The molecule has 11 nitrogen and oxygen atoms in total. The predicted molar refractivity (Wildman–Crippen MR) is 102 cm³/mol. The number of carbonyl (C=O) groups is 3. The normalized spacial score (nSPS) is 22.6. The van der Waals surface area contributed by atoms with Crippen molar-refractivity contribution in [2.45, 2.75) is 58.7 Å². The van der Waals surface area contributed by atoms with Crippen molar-refractivity contribution in [2.75, 3.05) is 11.9 Å². The summed E-state index contributed by atoms with van der Waals surface area (Å²) in [5.74, 6) is 0.896. The molecule has 0 aliphatic carbocycles. The first kappa shape index (κ1) is 22.9. The molecule has 30 heavy (non-hydrogen) atoms. The molecular weight excluding hydrogens is 398 g/mol. The van der Waals surface area contributed by atoms with E-state index in [1.165, 1.54) is 20.0 Å². The van der Waals surface area contributed by atoms with E-state index in [-0.39, 0.29) is 18.0 Å². The van der Waals surface area contributed by atoms with Crippen LogP contribution in [0.3, 0.4) is 0 Å². The van der Waals surface area contributed by atoms with Crippen LogP contribution in [-0.4, -0.2) is 52.5 Å². The molecule has 1 N–H and O–H groups in total. The van der Waals surface area contributed by atoms with Gasteiger partial charge in [-0.1, -0.05) is 12.8 Å². The summed E-state index contributed by atoms with van der Waals surface area (Å²) < 4.78 is 22.1. The zero-order chi connectivity index (χ0) is 22.4. The van der Waals surface area contributed by atoms with Gasteiger partial charge in [-0.05, 0) is 13.3 Å². The Hall–Kier alpha value is -3.39. The largest absolute Gasteiger partial charge is 0.456 e. The highest BCUT2D eigenvalue weighted by atomic mass is 16.6. The number of rotatable bonds is 6. The van der Waals surface area contributed by atoms with Gasteiger partial charge in [0.15, 0.2) is 24.3 Å². The van der Waals surface area contributed by atoms with Gasteiger partial charge in [-0.15, -0.1) is 6.42 Å². The molecule has 1 aliphatic heterocycles. The van der Waals surface area contributed by atoms with E-state index in [2.05, 4.69) is 16.2 Å². The fraction of sp³-hybridized carbons (Fsp3) is 0.526. The average molecular weight is 421 g/mol. The molecule has 4 atom stereocenters. The van der Waals surface area contributed by atoms with E-state index in [1.807, 2.05) is 6.92 Å². The second-order valence-corrected chi connectivity index (χ2v) is 6.48. The first-order chi connectivity index (χ1) is 14.2. The monoisotopic (exact) mass is 421 g/mol. The molecule has 1 amide bonds. The number of nitrogens with one attached hydrogen (secondary N) is 1. The molecule has 0 radical (unpaired) electrons. The lowest BCUT2D eigenvalue weighted by Crippen LogP contribution is -2.40. The number of ether oxygens (including phenoxy) is 4. The van der Waals surface area contributed by atoms with Crippen molar-refractivity contribution < 1.29 is 33.3 Å². The highest BCUT2D eigenvalue weighted by molar-refractivity contribution is 5.84. The highest BCUT2D eigenvalue weighted by Crippen LogP contribution is 2.33. The summed E-state index contributed by atoms with van der Waals surface area (Å²) in [6.45, 7) is 5.99. The Labute approximate surface area is 172 Å². The predicted octanol–water partition coefficient (Wildman–Crippen LogP) is 0.964. The molecule has 1 aromatic rings. The van der Waals surface area contributed by atoms with Gasteiger partial charge in [-0.25, -0.2) is 9.59 Å². The fourth-order valence-corrected chi connectivity index (χ4v) is 2.88. The van der Waals surface area contributed by atoms with Crippen molar-refractivity contribution in [1.82, 2.24) is 9.55 Å². The van der Waals surface area contributed by atoms with Crippen LogP contribution in [0.1, 0.15) is 45.9 Å². The first-order valence-electron chi connectivity index (χ1n) is 9.21. The summed E-state index contributed by atoms with van der Waals surface area (Å²) in [4.78, 5) is 51.2. The van der Waals surface area contributed by atoms with Gasteiger partial charge >= 0.3 is 23.7 Å². The van der Waals surface area contributed by atoms with Crippen LogP contribution < -0.4 is 11.0 Å². The summed E-state index contributed by atoms with van der Waals surface area (Å²) in [6.07, 6.45) is 2.63. The minimum absolute atomic E-state index is 0.0665. The first-order valence-corrected chi connectivity index (χ1v) is 9.21. The molecule has 1 aromatic heterocycles. The fourth-order valence-electron chi connectivity index (χ4n) is 2.88. The Kier molecular flexibility index (Phi) is 7.54. The third kappa shape index (κ3) is 5.36. The van der Waals surface area contributed by atoms with Crippen molar-refractivity contribution >= 4 is 23.8 Å². The van der Waals surface area contributed by atoms with E-state index >= 15 is 0 Å².